The standard InChI is InChI=1S/C29H46O2/c1-5-9-10-11-12-13-20-26(17-6-2)29(30-23-7-3,31-24-8-4)28-22-16-19-25-18-14-15-21-27(25)28/h14-16,18-19,21-22,26H,5-13,17,20,23-24H2,1-4H3. The highest BCUT2D eigenvalue weighted by Gasteiger charge is 2.43. The van der Waals surface area contributed by atoms with E-state index in [1.165, 1.54) is 54.9 Å². The van der Waals surface area contributed by atoms with E-state index in [4.69, 9.17) is 9.47 Å². The summed E-state index contributed by atoms with van der Waals surface area (Å²) in [6.45, 7) is 10.4. The monoisotopic (exact) mass is 426 g/mol. The zero-order valence-electron chi connectivity index (χ0n) is 20.6. The molecule has 1 unspecified atom stereocenters. The van der Waals surface area contributed by atoms with Crippen molar-refractivity contribution in [2.75, 3.05) is 13.2 Å². The molecule has 0 heterocycles. The Kier molecular flexibility index (Phi) is 12.2. The Morgan fingerprint density at radius 2 is 1.29 bits per heavy atom. The average molecular weight is 427 g/mol. The Bertz CT molecular complexity index is 710. The first-order chi connectivity index (χ1) is 15.2. The second-order valence-electron chi connectivity index (χ2n) is 8.93. The Hall–Kier alpha value is -1.38. The van der Waals surface area contributed by atoms with Gasteiger partial charge in [0, 0.05) is 11.5 Å². The van der Waals surface area contributed by atoms with E-state index in [9.17, 15) is 0 Å². The molecular weight excluding hydrogens is 380 g/mol. The summed E-state index contributed by atoms with van der Waals surface area (Å²) < 4.78 is 13.5. The van der Waals surface area contributed by atoms with E-state index in [0.29, 0.717) is 5.92 Å². The fraction of sp³-hybridized carbons (Fsp3) is 0.655. The molecule has 2 aromatic carbocycles. The van der Waals surface area contributed by atoms with Crippen molar-refractivity contribution in [3.05, 3.63) is 48.0 Å². The van der Waals surface area contributed by atoms with Crippen LogP contribution in [0.5, 0.6) is 0 Å². The van der Waals surface area contributed by atoms with Crippen LogP contribution in [0.25, 0.3) is 10.8 Å². The summed E-state index contributed by atoms with van der Waals surface area (Å²) in [7, 11) is 0. The van der Waals surface area contributed by atoms with Crippen LogP contribution in [-0.2, 0) is 15.3 Å². The molecule has 2 rings (SSSR count). The summed E-state index contributed by atoms with van der Waals surface area (Å²) in [5, 5.41) is 2.53. The molecule has 31 heavy (non-hydrogen) atoms. The molecule has 0 spiro atoms. The molecule has 174 valence electrons. The van der Waals surface area contributed by atoms with E-state index in [0.717, 1.165) is 45.3 Å². The van der Waals surface area contributed by atoms with E-state index < -0.39 is 5.79 Å². The fourth-order valence-corrected chi connectivity index (χ4v) is 4.73. The van der Waals surface area contributed by atoms with Crippen LogP contribution in [0.3, 0.4) is 0 Å². The number of hydrogen-bond donors (Lipinski definition) is 0. The maximum atomic E-state index is 6.76. The van der Waals surface area contributed by atoms with Gasteiger partial charge in [-0.2, -0.15) is 0 Å². The molecule has 2 nitrogen and oxygen atoms in total. The third kappa shape index (κ3) is 7.32. The quantitative estimate of drug-likeness (QED) is 0.185. The van der Waals surface area contributed by atoms with Gasteiger partial charge in [-0.3, -0.25) is 0 Å². The van der Waals surface area contributed by atoms with Crippen LogP contribution in [0.4, 0.5) is 0 Å². The Labute approximate surface area is 191 Å². The van der Waals surface area contributed by atoms with Gasteiger partial charge < -0.3 is 9.47 Å². The third-order valence-corrected chi connectivity index (χ3v) is 6.29. The molecular formula is C29H46O2. The molecule has 0 N–H and O–H groups in total. The van der Waals surface area contributed by atoms with Gasteiger partial charge in [-0.15, -0.1) is 0 Å². The number of unbranched alkanes of at least 4 members (excludes halogenated alkanes) is 5. The van der Waals surface area contributed by atoms with Gasteiger partial charge in [0.25, 0.3) is 0 Å². The minimum Gasteiger partial charge on any atom is -0.346 e. The molecule has 0 radical (unpaired) electrons. The van der Waals surface area contributed by atoms with Crippen LogP contribution in [-0.4, -0.2) is 13.2 Å². The van der Waals surface area contributed by atoms with E-state index in [-0.39, 0.29) is 0 Å². The van der Waals surface area contributed by atoms with E-state index in [1.807, 2.05) is 0 Å². The number of ether oxygens (including phenoxy) is 2. The van der Waals surface area contributed by atoms with E-state index in [1.54, 1.807) is 0 Å². The molecule has 0 saturated heterocycles. The molecule has 0 aliphatic heterocycles. The van der Waals surface area contributed by atoms with Crippen molar-refractivity contribution in [2.24, 2.45) is 5.92 Å². The second-order valence-corrected chi connectivity index (χ2v) is 8.93. The zero-order chi connectivity index (χ0) is 22.4. The lowest BCUT2D eigenvalue weighted by molar-refractivity contribution is -0.280. The van der Waals surface area contributed by atoms with Gasteiger partial charge in [0.15, 0.2) is 5.79 Å². The molecule has 0 saturated carbocycles. The first-order valence-corrected chi connectivity index (χ1v) is 13.0. The van der Waals surface area contributed by atoms with Crippen LogP contribution < -0.4 is 0 Å². The fourth-order valence-electron chi connectivity index (χ4n) is 4.73. The summed E-state index contributed by atoms with van der Waals surface area (Å²) in [5.74, 6) is -0.292. The SMILES string of the molecule is CCCCCCCCC(CCC)C(OCCC)(OCCC)c1cccc2ccccc12. The Morgan fingerprint density at radius 3 is 1.97 bits per heavy atom. The Morgan fingerprint density at radius 1 is 0.645 bits per heavy atom. The number of hydrogen-bond acceptors (Lipinski definition) is 2. The van der Waals surface area contributed by atoms with Crippen molar-refractivity contribution < 1.29 is 9.47 Å². The molecule has 1 atom stereocenters. The van der Waals surface area contributed by atoms with E-state index in [2.05, 4.69) is 70.2 Å². The molecule has 0 amide bonds. The summed E-state index contributed by atoms with van der Waals surface area (Å²) in [6.07, 6.45) is 13.4. The van der Waals surface area contributed by atoms with Gasteiger partial charge in [-0.1, -0.05) is 115 Å². The lowest BCUT2D eigenvalue weighted by Gasteiger charge is -2.42. The summed E-state index contributed by atoms with van der Waals surface area (Å²) >= 11 is 0. The predicted octanol–water partition coefficient (Wildman–Crippen LogP) is 9.01. The highest BCUT2D eigenvalue weighted by Crippen LogP contribution is 2.44. The molecule has 0 fully saturated rings. The van der Waals surface area contributed by atoms with Gasteiger partial charge >= 0.3 is 0 Å². The van der Waals surface area contributed by atoms with Gasteiger partial charge in [0.2, 0.25) is 0 Å². The van der Waals surface area contributed by atoms with Crippen molar-refractivity contribution in [2.45, 2.75) is 104 Å². The lowest BCUT2D eigenvalue weighted by atomic mass is 9.82. The maximum absolute atomic E-state index is 6.76. The van der Waals surface area contributed by atoms with E-state index >= 15 is 0 Å². The summed E-state index contributed by atoms with van der Waals surface area (Å²) in [5.41, 5.74) is 1.22. The highest BCUT2D eigenvalue weighted by atomic mass is 16.7. The molecule has 2 heteroatoms. The molecule has 0 aliphatic carbocycles. The molecule has 2 aromatic rings. The number of rotatable bonds is 17. The minimum absolute atomic E-state index is 0.368. The summed E-state index contributed by atoms with van der Waals surface area (Å²) in [6, 6.07) is 15.3. The minimum atomic E-state index is -0.660. The first kappa shape index (κ1) is 25.9. The van der Waals surface area contributed by atoms with Crippen LogP contribution in [0.15, 0.2) is 42.5 Å². The molecule has 0 bridgehead atoms. The van der Waals surface area contributed by atoms with Gasteiger partial charge in [-0.05, 0) is 36.5 Å². The normalized spacial score (nSPS) is 13.0. The summed E-state index contributed by atoms with van der Waals surface area (Å²) in [4.78, 5) is 0. The van der Waals surface area contributed by atoms with Gasteiger partial charge in [-0.25, -0.2) is 0 Å². The average Bonchev–Trinajstić information content (AvgIpc) is 2.81. The van der Waals surface area contributed by atoms with Crippen molar-refractivity contribution in [1.29, 1.82) is 0 Å². The highest BCUT2D eigenvalue weighted by molar-refractivity contribution is 5.86. The predicted molar refractivity (Wildman–Crippen MR) is 135 cm³/mol. The topological polar surface area (TPSA) is 18.5 Å². The largest absolute Gasteiger partial charge is 0.346 e. The molecule has 0 aromatic heterocycles. The first-order valence-electron chi connectivity index (χ1n) is 13.0. The number of fused-ring (bicyclic) bond motifs is 1. The number of benzene rings is 2. The van der Waals surface area contributed by atoms with Crippen LogP contribution in [0.2, 0.25) is 0 Å². The van der Waals surface area contributed by atoms with Crippen LogP contribution >= 0.6 is 0 Å². The zero-order valence-corrected chi connectivity index (χ0v) is 20.6. The van der Waals surface area contributed by atoms with Gasteiger partial charge in [0.05, 0.1) is 13.2 Å². The van der Waals surface area contributed by atoms with Crippen LogP contribution in [0, 0.1) is 5.92 Å². The van der Waals surface area contributed by atoms with Crippen LogP contribution in [0.1, 0.15) is 104 Å². The molecule has 0 aliphatic rings. The Balaban J connectivity index is 2.41. The smallest absolute Gasteiger partial charge is 0.198 e. The van der Waals surface area contributed by atoms with Gasteiger partial charge in [0.1, 0.15) is 0 Å². The lowest BCUT2D eigenvalue weighted by Crippen LogP contribution is -2.42. The third-order valence-electron chi connectivity index (χ3n) is 6.29. The van der Waals surface area contributed by atoms with Crippen molar-refractivity contribution in [3.8, 4) is 0 Å². The second kappa shape index (κ2) is 14.6. The van der Waals surface area contributed by atoms with Crippen molar-refractivity contribution >= 4 is 10.8 Å². The van der Waals surface area contributed by atoms with Crippen molar-refractivity contribution in [1.82, 2.24) is 0 Å². The van der Waals surface area contributed by atoms with Crippen molar-refractivity contribution in [3.63, 3.8) is 0 Å². The maximum Gasteiger partial charge on any atom is 0.198 e.